The van der Waals surface area contributed by atoms with E-state index in [4.69, 9.17) is 4.74 Å². The zero-order valence-corrected chi connectivity index (χ0v) is 8.18. The summed E-state index contributed by atoms with van der Waals surface area (Å²) >= 11 is 0. The highest BCUT2D eigenvalue weighted by atomic mass is 28.2. The first-order valence-corrected chi connectivity index (χ1v) is 6.27. The van der Waals surface area contributed by atoms with E-state index in [9.17, 15) is 0 Å². The molecule has 2 heteroatoms. The van der Waals surface area contributed by atoms with Crippen LogP contribution in [0.2, 0.25) is 6.55 Å². The fraction of sp³-hybridized carbons (Fsp3) is 0.333. The van der Waals surface area contributed by atoms with Gasteiger partial charge in [0.15, 0.2) is 0 Å². The van der Waals surface area contributed by atoms with E-state index in [1.165, 1.54) is 10.8 Å². The lowest BCUT2D eigenvalue weighted by Gasteiger charge is -2.00. The van der Waals surface area contributed by atoms with E-state index in [0.29, 0.717) is 0 Å². The Bertz CT molecular complexity index is 270. The van der Waals surface area contributed by atoms with Crippen molar-refractivity contribution in [1.29, 1.82) is 0 Å². The van der Waals surface area contributed by atoms with Crippen LogP contribution < -0.4 is 9.92 Å². The van der Waals surface area contributed by atoms with Gasteiger partial charge in [0.1, 0.15) is 5.75 Å². The predicted octanol–water partition coefficient (Wildman–Crippen LogP) is 0.464. The lowest BCUT2D eigenvalue weighted by atomic mass is 10.2. The fourth-order valence-electron chi connectivity index (χ4n) is 1.43. The molecule has 2 rings (SSSR count). The number of benzene rings is 1. The monoisotopic (exact) mass is 164 g/mol. The van der Waals surface area contributed by atoms with E-state index in [2.05, 4.69) is 24.7 Å². The van der Waals surface area contributed by atoms with E-state index in [-0.39, 0.29) is 9.52 Å². The SMILES string of the molecule is C[SiH2]c1ccc2c(c1)OCC2. The number of rotatable bonds is 1. The van der Waals surface area contributed by atoms with Gasteiger partial charge in [-0.05, 0) is 11.6 Å². The minimum Gasteiger partial charge on any atom is -0.493 e. The van der Waals surface area contributed by atoms with Gasteiger partial charge in [0.2, 0.25) is 0 Å². The molecule has 1 aliphatic rings. The second-order valence-corrected chi connectivity index (χ2v) is 4.42. The third-order valence-corrected chi connectivity index (χ3v) is 3.43. The second-order valence-electron chi connectivity index (χ2n) is 2.89. The average Bonchev–Trinajstić information content (AvgIpc) is 2.50. The lowest BCUT2D eigenvalue weighted by Crippen LogP contribution is -2.09. The molecule has 0 unspecified atom stereocenters. The maximum atomic E-state index is 5.46. The van der Waals surface area contributed by atoms with Crippen molar-refractivity contribution >= 4 is 14.7 Å². The summed E-state index contributed by atoms with van der Waals surface area (Å²) in [5, 5.41) is 1.51. The largest absolute Gasteiger partial charge is 0.493 e. The van der Waals surface area contributed by atoms with Gasteiger partial charge in [0.25, 0.3) is 0 Å². The van der Waals surface area contributed by atoms with Crippen LogP contribution in [0.3, 0.4) is 0 Å². The molecular formula is C9H12OSi. The van der Waals surface area contributed by atoms with Crippen LogP contribution in [0.15, 0.2) is 18.2 Å². The molecule has 1 aromatic rings. The molecule has 11 heavy (non-hydrogen) atoms. The predicted molar refractivity (Wildman–Crippen MR) is 49.7 cm³/mol. The van der Waals surface area contributed by atoms with Crippen LogP contribution in [0.5, 0.6) is 5.75 Å². The standard InChI is InChI=1S/C9H12OSi/c1-11-8-3-2-7-4-5-10-9(7)6-8/h2-3,6H,4-5,11H2,1H3. The number of hydrogen-bond acceptors (Lipinski definition) is 1. The van der Waals surface area contributed by atoms with Gasteiger partial charge in [-0.2, -0.15) is 0 Å². The van der Waals surface area contributed by atoms with Crippen molar-refractivity contribution in [3.8, 4) is 5.75 Å². The molecule has 0 aliphatic carbocycles. The van der Waals surface area contributed by atoms with E-state index < -0.39 is 0 Å². The Hall–Kier alpha value is -0.763. The first-order valence-electron chi connectivity index (χ1n) is 4.15. The molecule has 1 heterocycles. The van der Waals surface area contributed by atoms with Crippen LogP contribution in [0, 0.1) is 0 Å². The quantitative estimate of drug-likeness (QED) is 0.548. The Labute approximate surface area is 69.2 Å². The van der Waals surface area contributed by atoms with Crippen molar-refractivity contribution in [2.45, 2.75) is 13.0 Å². The van der Waals surface area contributed by atoms with Crippen molar-refractivity contribution in [3.05, 3.63) is 23.8 Å². The normalized spacial score (nSPS) is 15.4. The Kier molecular flexibility index (Phi) is 1.70. The Morgan fingerprint density at radius 3 is 3.18 bits per heavy atom. The van der Waals surface area contributed by atoms with Crippen LogP contribution in [0.1, 0.15) is 5.56 Å². The van der Waals surface area contributed by atoms with Gasteiger partial charge in [-0.1, -0.05) is 23.9 Å². The third-order valence-electron chi connectivity index (χ3n) is 2.17. The number of ether oxygens (including phenoxy) is 1. The van der Waals surface area contributed by atoms with E-state index >= 15 is 0 Å². The molecular weight excluding hydrogens is 152 g/mol. The average molecular weight is 164 g/mol. The topological polar surface area (TPSA) is 9.23 Å². The molecule has 58 valence electrons. The van der Waals surface area contributed by atoms with E-state index in [0.717, 1.165) is 18.8 Å². The van der Waals surface area contributed by atoms with Gasteiger partial charge in [0.05, 0.1) is 16.1 Å². The van der Waals surface area contributed by atoms with Gasteiger partial charge in [-0.3, -0.25) is 0 Å². The highest BCUT2D eigenvalue weighted by molar-refractivity contribution is 6.51. The van der Waals surface area contributed by atoms with Crippen LogP contribution in [-0.2, 0) is 6.42 Å². The maximum absolute atomic E-state index is 5.46. The molecule has 0 radical (unpaired) electrons. The van der Waals surface area contributed by atoms with Crippen LogP contribution in [0.4, 0.5) is 0 Å². The van der Waals surface area contributed by atoms with Crippen LogP contribution in [0.25, 0.3) is 0 Å². The van der Waals surface area contributed by atoms with Gasteiger partial charge in [0, 0.05) is 6.42 Å². The van der Waals surface area contributed by atoms with Crippen molar-refractivity contribution < 1.29 is 4.74 Å². The van der Waals surface area contributed by atoms with E-state index in [1.807, 2.05) is 0 Å². The lowest BCUT2D eigenvalue weighted by molar-refractivity contribution is 0.357. The summed E-state index contributed by atoms with van der Waals surface area (Å²) < 4.78 is 5.46. The smallest absolute Gasteiger partial charge is 0.122 e. The molecule has 0 spiro atoms. The summed E-state index contributed by atoms with van der Waals surface area (Å²) in [5.41, 5.74) is 1.39. The van der Waals surface area contributed by atoms with Gasteiger partial charge < -0.3 is 4.74 Å². The van der Waals surface area contributed by atoms with Crippen molar-refractivity contribution in [2.75, 3.05) is 6.61 Å². The second kappa shape index (κ2) is 2.70. The summed E-state index contributed by atoms with van der Waals surface area (Å²) in [5.74, 6) is 1.14. The minimum atomic E-state index is -0.00765. The van der Waals surface area contributed by atoms with Gasteiger partial charge in [-0.15, -0.1) is 0 Å². The van der Waals surface area contributed by atoms with E-state index in [1.54, 1.807) is 0 Å². The Balaban J connectivity index is 2.41. The van der Waals surface area contributed by atoms with Crippen LogP contribution in [-0.4, -0.2) is 16.1 Å². The molecule has 0 fully saturated rings. The summed E-state index contributed by atoms with van der Waals surface area (Å²) in [6.45, 7) is 3.18. The van der Waals surface area contributed by atoms with Crippen molar-refractivity contribution in [3.63, 3.8) is 0 Å². The summed E-state index contributed by atoms with van der Waals surface area (Å²) in [6.07, 6.45) is 1.10. The van der Waals surface area contributed by atoms with Gasteiger partial charge in [-0.25, -0.2) is 0 Å². The number of hydrogen-bond donors (Lipinski definition) is 0. The molecule has 0 amide bonds. The first kappa shape index (κ1) is 6.92. The highest BCUT2D eigenvalue weighted by Gasteiger charge is 2.10. The molecule has 0 saturated carbocycles. The van der Waals surface area contributed by atoms with Crippen molar-refractivity contribution in [2.24, 2.45) is 0 Å². The Morgan fingerprint density at radius 1 is 1.45 bits per heavy atom. The molecule has 1 nitrogen and oxygen atoms in total. The highest BCUT2D eigenvalue weighted by Crippen LogP contribution is 2.22. The number of fused-ring (bicyclic) bond motifs is 1. The molecule has 0 atom stereocenters. The molecule has 1 aromatic carbocycles. The van der Waals surface area contributed by atoms with Crippen LogP contribution >= 0.6 is 0 Å². The Morgan fingerprint density at radius 2 is 2.36 bits per heavy atom. The first-order chi connectivity index (χ1) is 5.40. The molecule has 0 N–H and O–H groups in total. The molecule has 1 aliphatic heterocycles. The maximum Gasteiger partial charge on any atom is 0.122 e. The molecule has 0 aromatic heterocycles. The fourth-order valence-corrected chi connectivity index (χ4v) is 2.17. The van der Waals surface area contributed by atoms with Crippen molar-refractivity contribution in [1.82, 2.24) is 0 Å². The van der Waals surface area contributed by atoms with Gasteiger partial charge >= 0.3 is 0 Å². The molecule has 0 bridgehead atoms. The third kappa shape index (κ3) is 1.18. The zero-order valence-electron chi connectivity index (χ0n) is 6.76. The summed E-state index contributed by atoms with van der Waals surface area (Å²) in [6, 6.07) is 6.68. The minimum absolute atomic E-state index is 0.00765. The molecule has 0 saturated heterocycles. The summed E-state index contributed by atoms with van der Waals surface area (Å²) in [7, 11) is -0.00765. The summed E-state index contributed by atoms with van der Waals surface area (Å²) in [4.78, 5) is 0. The zero-order chi connectivity index (χ0) is 7.68.